The number of aryl methyl sites for hydroxylation is 3. The molecule has 0 unspecified atom stereocenters. The number of nitrogens with one attached hydrogen (secondary N) is 1. The highest BCUT2D eigenvalue weighted by molar-refractivity contribution is 5.92. The highest BCUT2D eigenvalue weighted by atomic mass is 16.1. The molecule has 3 heterocycles. The van der Waals surface area contributed by atoms with Gasteiger partial charge in [-0.15, -0.1) is 10.2 Å². The highest BCUT2D eigenvalue weighted by Gasteiger charge is 2.14. The normalized spacial score (nSPS) is 11.7. The van der Waals surface area contributed by atoms with Crippen molar-refractivity contribution >= 4 is 39.2 Å². The molecule has 8 nitrogen and oxygen atoms in total. The number of fused-ring (bicyclic) bond motifs is 4. The zero-order valence-corrected chi connectivity index (χ0v) is 15.1. The Bertz CT molecular complexity index is 1410. The summed E-state index contributed by atoms with van der Waals surface area (Å²) in [6.07, 6.45) is 1.64. The summed E-state index contributed by atoms with van der Waals surface area (Å²) in [5.74, 6) is 0.622. The number of hydrogen-bond donors (Lipinski definition) is 1. The van der Waals surface area contributed by atoms with E-state index in [1.54, 1.807) is 29.6 Å². The second-order valence-corrected chi connectivity index (χ2v) is 6.66. The van der Waals surface area contributed by atoms with E-state index in [-0.39, 0.29) is 5.69 Å². The van der Waals surface area contributed by atoms with E-state index in [9.17, 15) is 4.79 Å². The van der Waals surface area contributed by atoms with Crippen LogP contribution in [-0.2, 0) is 14.1 Å². The molecule has 5 rings (SSSR count). The van der Waals surface area contributed by atoms with Gasteiger partial charge in [0.25, 0.3) is 0 Å². The summed E-state index contributed by atoms with van der Waals surface area (Å²) >= 11 is 0. The van der Waals surface area contributed by atoms with Gasteiger partial charge in [0.15, 0.2) is 5.65 Å². The van der Waals surface area contributed by atoms with Crippen molar-refractivity contribution in [1.82, 2.24) is 28.7 Å². The lowest BCUT2D eigenvalue weighted by atomic mass is 10.1. The molecule has 0 aliphatic rings. The van der Waals surface area contributed by atoms with Gasteiger partial charge in [0.1, 0.15) is 6.33 Å². The molecule has 27 heavy (non-hydrogen) atoms. The molecule has 0 amide bonds. The summed E-state index contributed by atoms with van der Waals surface area (Å²) in [5, 5.41) is 12.6. The van der Waals surface area contributed by atoms with Gasteiger partial charge in [-0.2, -0.15) is 0 Å². The molecule has 3 aromatic heterocycles. The third-order valence-electron chi connectivity index (χ3n) is 5.01. The molecule has 2 aromatic carbocycles. The van der Waals surface area contributed by atoms with Crippen LogP contribution in [0.2, 0.25) is 0 Å². The lowest BCUT2D eigenvalue weighted by Gasteiger charge is -2.12. The number of aromatic nitrogens is 6. The Hall–Kier alpha value is -3.68. The Labute approximate surface area is 153 Å². The van der Waals surface area contributed by atoms with E-state index in [0.29, 0.717) is 5.95 Å². The van der Waals surface area contributed by atoms with Gasteiger partial charge in [0.2, 0.25) is 5.95 Å². The summed E-state index contributed by atoms with van der Waals surface area (Å²) in [5.41, 5.74) is 5.18. The van der Waals surface area contributed by atoms with E-state index >= 15 is 0 Å². The fourth-order valence-corrected chi connectivity index (χ4v) is 3.49. The molecule has 0 saturated carbocycles. The Balaban J connectivity index is 1.73. The summed E-state index contributed by atoms with van der Waals surface area (Å²) in [6, 6.07) is 11.8. The predicted molar refractivity (Wildman–Crippen MR) is 104 cm³/mol. The van der Waals surface area contributed by atoms with Crippen LogP contribution in [0, 0.1) is 6.92 Å². The van der Waals surface area contributed by atoms with E-state index < -0.39 is 0 Å². The summed E-state index contributed by atoms with van der Waals surface area (Å²) < 4.78 is 5.12. The smallest absolute Gasteiger partial charge is 0.325 e. The van der Waals surface area contributed by atoms with Gasteiger partial charge in [-0.05, 0) is 36.8 Å². The van der Waals surface area contributed by atoms with Gasteiger partial charge < -0.3 is 5.32 Å². The van der Waals surface area contributed by atoms with Crippen LogP contribution in [0.15, 0.2) is 47.5 Å². The highest BCUT2D eigenvalue weighted by Crippen LogP contribution is 2.27. The Morgan fingerprint density at radius 3 is 2.59 bits per heavy atom. The molecule has 0 aliphatic carbocycles. The van der Waals surface area contributed by atoms with E-state index in [0.717, 1.165) is 38.8 Å². The number of nitrogens with zero attached hydrogens (tertiary/aromatic N) is 6. The average Bonchev–Trinajstić information content (AvgIpc) is 3.24. The molecule has 0 bridgehead atoms. The Morgan fingerprint density at radius 2 is 1.78 bits per heavy atom. The predicted octanol–water partition coefficient (Wildman–Crippen LogP) is 2.52. The molecule has 0 atom stereocenters. The fourth-order valence-electron chi connectivity index (χ4n) is 3.49. The number of rotatable bonds is 2. The maximum Gasteiger partial charge on any atom is 0.328 e. The molecule has 0 fully saturated rings. The van der Waals surface area contributed by atoms with E-state index in [1.807, 2.05) is 47.7 Å². The molecule has 8 heteroatoms. The lowest BCUT2D eigenvalue weighted by molar-refractivity contribution is 0.795. The zero-order valence-electron chi connectivity index (χ0n) is 15.1. The van der Waals surface area contributed by atoms with Crippen molar-refractivity contribution in [3.8, 4) is 0 Å². The van der Waals surface area contributed by atoms with Crippen LogP contribution >= 0.6 is 0 Å². The van der Waals surface area contributed by atoms with Gasteiger partial charge >= 0.3 is 5.69 Å². The first-order chi connectivity index (χ1) is 13.0. The van der Waals surface area contributed by atoms with Gasteiger partial charge in [-0.25, -0.2) is 9.78 Å². The maximum absolute atomic E-state index is 12.2. The molecule has 0 radical (unpaired) electrons. The average molecular weight is 359 g/mol. The van der Waals surface area contributed by atoms with Crippen molar-refractivity contribution in [2.45, 2.75) is 6.92 Å². The summed E-state index contributed by atoms with van der Waals surface area (Å²) in [4.78, 5) is 17.0. The van der Waals surface area contributed by atoms with Crippen molar-refractivity contribution in [3.63, 3.8) is 0 Å². The van der Waals surface area contributed by atoms with Gasteiger partial charge in [-0.3, -0.25) is 13.5 Å². The fraction of sp³-hybridized carbons (Fsp3) is 0.158. The molecule has 134 valence electrons. The van der Waals surface area contributed by atoms with Crippen LogP contribution < -0.4 is 11.0 Å². The molecule has 0 spiro atoms. The first-order valence-corrected chi connectivity index (χ1v) is 8.56. The molecular weight excluding hydrogens is 342 g/mol. The van der Waals surface area contributed by atoms with Crippen LogP contribution in [-0.4, -0.2) is 28.7 Å². The molecular formula is C19H17N7O. The van der Waals surface area contributed by atoms with E-state index in [2.05, 4.69) is 15.5 Å². The van der Waals surface area contributed by atoms with Crippen LogP contribution in [0.25, 0.3) is 27.6 Å². The van der Waals surface area contributed by atoms with E-state index in [1.165, 1.54) is 0 Å². The SMILES string of the molecule is Cc1cc2c(cc1Nc1nc3ccccc3c3nncn13)n(C)c(=O)n2C. The minimum absolute atomic E-state index is 0.0495. The third kappa shape index (κ3) is 2.16. The van der Waals surface area contributed by atoms with Gasteiger partial charge in [0, 0.05) is 25.2 Å². The van der Waals surface area contributed by atoms with Gasteiger partial charge in [0.05, 0.1) is 16.6 Å². The lowest BCUT2D eigenvalue weighted by Crippen LogP contribution is -2.19. The zero-order chi connectivity index (χ0) is 18.7. The van der Waals surface area contributed by atoms with Crippen molar-refractivity contribution in [3.05, 3.63) is 58.8 Å². The minimum atomic E-state index is -0.0495. The first-order valence-electron chi connectivity index (χ1n) is 8.56. The van der Waals surface area contributed by atoms with Crippen LogP contribution in [0.3, 0.4) is 0 Å². The Morgan fingerprint density at radius 1 is 1.04 bits per heavy atom. The monoisotopic (exact) mass is 359 g/mol. The van der Waals surface area contributed by atoms with Crippen LogP contribution in [0.5, 0.6) is 0 Å². The second kappa shape index (κ2) is 5.41. The maximum atomic E-state index is 12.2. The topological polar surface area (TPSA) is 82.0 Å². The molecule has 1 N–H and O–H groups in total. The summed E-state index contributed by atoms with van der Waals surface area (Å²) in [7, 11) is 3.55. The second-order valence-electron chi connectivity index (χ2n) is 6.66. The van der Waals surface area contributed by atoms with Gasteiger partial charge in [-0.1, -0.05) is 12.1 Å². The van der Waals surface area contributed by atoms with Crippen LogP contribution in [0.1, 0.15) is 5.56 Å². The molecule has 0 aliphatic heterocycles. The number of para-hydroxylation sites is 1. The van der Waals surface area contributed by atoms with Crippen molar-refractivity contribution in [2.75, 3.05) is 5.32 Å². The largest absolute Gasteiger partial charge is 0.328 e. The molecule has 5 aromatic rings. The number of benzene rings is 2. The van der Waals surface area contributed by atoms with Crippen molar-refractivity contribution in [2.24, 2.45) is 14.1 Å². The summed E-state index contributed by atoms with van der Waals surface area (Å²) in [6.45, 7) is 2.00. The van der Waals surface area contributed by atoms with E-state index in [4.69, 9.17) is 4.98 Å². The number of anilines is 2. The quantitative estimate of drug-likeness (QED) is 0.524. The minimum Gasteiger partial charge on any atom is -0.325 e. The standard InChI is InChI=1S/C19H17N7O/c1-11-8-15-16(25(3)19(27)24(15)2)9-14(11)22-18-21-13-7-5-4-6-12(13)17-23-20-10-26(17)18/h4-10H,1-3H3,(H,21,22). The van der Waals surface area contributed by atoms with Crippen molar-refractivity contribution < 1.29 is 0 Å². The number of hydrogen-bond acceptors (Lipinski definition) is 5. The third-order valence-corrected chi connectivity index (χ3v) is 5.01. The van der Waals surface area contributed by atoms with Crippen molar-refractivity contribution in [1.29, 1.82) is 0 Å². The molecule has 0 saturated heterocycles. The number of imidazole rings is 1. The van der Waals surface area contributed by atoms with Crippen LogP contribution in [0.4, 0.5) is 11.6 Å². The Kier molecular flexibility index (Phi) is 3.12. The first kappa shape index (κ1) is 15.6.